The zero-order chi connectivity index (χ0) is 10.7. The molecule has 0 aliphatic rings. The van der Waals surface area contributed by atoms with Gasteiger partial charge in [0.1, 0.15) is 0 Å². The molecule has 0 N–H and O–H groups in total. The Hall–Kier alpha value is -0.420. The maximum atomic E-state index is 12.5. The lowest BCUT2D eigenvalue weighted by Gasteiger charge is -2.25. The van der Waals surface area contributed by atoms with Crippen molar-refractivity contribution in [3.8, 4) is 0 Å². The molecule has 0 nitrogen and oxygen atoms in total. The van der Waals surface area contributed by atoms with Gasteiger partial charge in [0.15, 0.2) is 0 Å². The largest absolute Gasteiger partial charge is 0.287 e. The highest BCUT2D eigenvalue weighted by molar-refractivity contribution is 4.87. The molecule has 0 fully saturated rings. The summed E-state index contributed by atoms with van der Waals surface area (Å²) in [6.07, 6.45) is -6.15. The van der Waals surface area contributed by atoms with E-state index >= 15 is 0 Å². The summed E-state index contributed by atoms with van der Waals surface area (Å²) in [6.45, 7) is -0.634. The summed E-state index contributed by atoms with van der Waals surface area (Å²) >= 11 is 0. The Morgan fingerprint density at radius 2 is 1.54 bits per heavy atom. The lowest BCUT2D eigenvalue weighted by molar-refractivity contribution is -0.185. The monoisotopic (exact) mass is 208 g/mol. The van der Waals surface area contributed by atoms with Crippen LogP contribution in [0.3, 0.4) is 0 Å². The van der Waals surface area contributed by atoms with Gasteiger partial charge < -0.3 is 0 Å². The van der Waals surface area contributed by atoms with Crippen molar-refractivity contribution >= 4 is 0 Å². The fourth-order valence-electron chi connectivity index (χ4n) is 0.741. The highest BCUT2D eigenvalue weighted by Crippen LogP contribution is 2.37. The molecule has 0 aromatic heterocycles. The summed E-state index contributed by atoms with van der Waals surface area (Å²) < 4.78 is 73.5. The Bertz CT molecular complexity index is 155. The second-order valence-electron chi connectivity index (χ2n) is 2.68. The van der Waals surface area contributed by atoms with Crippen LogP contribution in [-0.4, -0.2) is 24.7 Å². The third-order valence-electron chi connectivity index (χ3n) is 1.64. The van der Waals surface area contributed by atoms with Gasteiger partial charge in [-0.1, -0.05) is 6.92 Å². The molecule has 0 spiro atoms. The van der Waals surface area contributed by atoms with Gasteiger partial charge in [0, 0.05) is 12.8 Å². The average Bonchev–Trinajstić information content (AvgIpc) is 2.03. The van der Waals surface area contributed by atoms with Crippen molar-refractivity contribution in [2.24, 2.45) is 0 Å². The summed E-state index contributed by atoms with van der Waals surface area (Å²) in [5, 5.41) is 0. The smallest absolute Gasteiger partial charge is 0.251 e. The summed E-state index contributed by atoms with van der Waals surface area (Å²) in [6, 6.07) is 0. The van der Waals surface area contributed by atoms with Crippen molar-refractivity contribution in [1.29, 1.82) is 0 Å². The molecule has 0 saturated heterocycles. The molecular formula is C7H10F6. The van der Waals surface area contributed by atoms with E-state index in [-0.39, 0.29) is 0 Å². The van der Waals surface area contributed by atoms with Crippen molar-refractivity contribution in [2.75, 3.05) is 6.67 Å². The van der Waals surface area contributed by atoms with Crippen LogP contribution in [0, 0.1) is 0 Å². The van der Waals surface area contributed by atoms with E-state index in [4.69, 9.17) is 0 Å². The first-order chi connectivity index (χ1) is 5.78. The molecule has 80 valence electrons. The maximum absolute atomic E-state index is 12.5. The van der Waals surface area contributed by atoms with E-state index in [0.29, 0.717) is 0 Å². The lowest BCUT2D eigenvalue weighted by atomic mass is 10.0. The minimum atomic E-state index is -4.30. The van der Waals surface area contributed by atoms with Gasteiger partial charge >= 0.3 is 0 Å². The Kier molecular flexibility index (Phi) is 4.06. The Labute approximate surface area is 71.9 Å². The van der Waals surface area contributed by atoms with Crippen LogP contribution in [0.4, 0.5) is 26.3 Å². The van der Waals surface area contributed by atoms with Gasteiger partial charge in [-0.25, -0.2) is 22.0 Å². The summed E-state index contributed by atoms with van der Waals surface area (Å²) in [5.74, 6) is -8.40. The molecule has 0 bridgehead atoms. The summed E-state index contributed by atoms with van der Waals surface area (Å²) in [7, 11) is 0. The van der Waals surface area contributed by atoms with Crippen LogP contribution in [0.1, 0.15) is 19.8 Å². The van der Waals surface area contributed by atoms with Crippen LogP contribution < -0.4 is 0 Å². The highest BCUT2D eigenvalue weighted by atomic mass is 19.3. The van der Waals surface area contributed by atoms with Gasteiger partial charge in [0.05, 0.1) is 6.67 Å². The first-order valence-corrected chi connectivity index (χ1v) is 3.73. The van der Waals surface area contributed by atoms with Gasteiger partial charge in [-0.2, -0.15) is 0 Å². The molecule has 1 atom stereocenters. The zero-order valence-corrected chi connectivity index (χ0v) is 6.97. The fourth-order valence-corrected chi connectivity index (χ4v) is 0.741. The molecule has 13 heavy (non-hydrogen) atoms. The van der Waals surface area contributed by atoms with Crippen LogP contribution in [0.2, 0.25) is 0 Å². The molecular weight excluding hydrogens is 198 g/mol. The number of halogens is 6. The zero-order valence-electron chi connectivity index (χ0n) is 6.97. The van der Waals surface area contributed by atoms with E-state index in [1.807, 2.05) is 0 Å². The summed E-state index contributed by atoms with van der Waals surface area (Å²) in [5.41, 5.74) is 0. The van der Waals surface area contributed by atoms with Crippen molar-refractivity contribution < 1.29 is 26.3 Å². The van der Waals surface area contributed by atoms with Gasteiger partial charge in [0.25, 0.3) is 11.8 Å². The SMILES string of the molecule is CCC(F)(F)[C@H](F)C(F)(F)CCF. The second kappa shape index (κ2) is 4.19. The van der Waals surface area contributed by atoms with Gasteiger partial charge in [0.2, 0.25) is 6.17 Å². The van der Waals surface area contributed by atoms with Crippen molar-refractivity contribution in [3.05, 3.63) is 0 Å². The van der Waals surface area contributed by atoms with Crippen molar-refractivity contribution in [2.45, 2.75) is 37.8 Å². The van der Waals surface area contributed by atoms with Crippen LogP contribution in [-0.2, 0) is 0 Å². The Balaban J connectivity index is 4.47. The van der Waals surface area contributed by atoms with Crippen LogP contribution in [0.15, 0.2) is 0 Å². The quantitative estimate of drug-likeness (QED) is 0.607. The predicted octanol–water partition coefficient (Wildman–Crippen LogP) is 3.36. The Morgan fingerprint density at radius 1 is 1.08 bits per heavy atom. The van der Waals surface area contributed by atoms with E-state index in [0.717, 1.165) is 6.92 Å². The molecule has 0 radical (unpaired) electrons. The average molecular weight is 208 g/mol. The van der Waals surface area contributed by atoms with E-state index in [1.54, 1.807) is 0 Å². The van der Waals surface area contributed by atoms with Crippen LogP contribution in [0.25, 0.3) is 0 Å². The van der Waals surface area contributed by atoms with Gasteiger partial charge in [-0.15, -0.1) is 0 Å². The minimum absolute atomic E-state index is 0.887. The predicted molar refractivity (Wildman–Crippen MR) is 35.7 cm³/mol. The van der Waals surface area contributed by atoms with E-state index in [9.17, 15) is 26.3 Å². The minimum Gasteiger partial charge on any atom is -0.251 e. The second-order valence-corrected chi connectivity index (χ2v) is 2.68. The molecule has 0 aliphatic carbocycles. The van der Waals surface area contributed by atoms with Crippen molar-refractivity contribution in [3.63, 3.8) is 0 Å². The maximum Gasteiger partial charge on any atom is 0.287 e. The standard InChI is InChI=1S/C7H10F6/c1-2-6(10,11)5(9)7(12,13)3-4-8/h5H,2-4H2,1H3/t5-/m0/s1. The number of rotatable bonds is 5. The topological polar surface area (TPSA) is 0 Å². The Morgan fingerprint density at radius 3 is 1.85 bits per heavy atom. The number of hydrogen-bond donors (Lipinski definition) is 0. The fraction of sp³-hybridized carbons (Fsp3) is 1.00. The van der Waals surface area contributed by atoms with Crippen LogP contribution in [0.5, 0.6) is 0 Å². The summed E-state index contributed by atoms with van der Waals surface area (Å²) in [4.78, 5) is 0. The van der Waals surface area contributed by atoms with E-state index in [1.165, 1.54) is 0 Å². The lowest BCUT2D eigenvalue weighted by Crippen LogP contribution is -2.44. The number of hydrogen-bond acceptors (Lipinski definition) is 0. The normalized spacial score (nSPS) is 15.9. The number of alkyl halides is 6. The molecule has 6 heteroatoms. The highest BCUT2D eigenvalue weighted by Gasteiger charge is 2.54. The third kappa shape index (κ3) is 3.08. The molecule has 0 saturated carbocycles. The molecule has 0 amide bonds. The third-order valence-corrected chi connectivity index (χ3v) is 1.64. The van der Waals surface area contributed by atoms with Crippen molar-refractivity contribution in [1.82, 2.24) is 0 Å². The first kappa shape index (κ1) is 12.6. The molecule has 0 aliphatic heterocycles. The van der Waals surface area contributed by atoms with E-state index in [2.05, 4.69) is 0 Å². The molecule has 0 aromatic carbocycles. The van der Waals surface area contributed by atoms with E-state index < -0.39 is 37.5 Å². The van der Waals surface area contributed by atoms with Gasteiger partial charge in [-0.3, -0.25) is 4.39 Å². The molecule has 0 heterocycles. The van der Waals surface area contributed by atoms with Crippen LogP contribution >= 0.6 is 0 Å². The molecule has 0 unspecified atom stereocenters. The van der Waals surface area contributed by atoms with Gasteiger partial charge in [-0.05, 0) is 0 Å². The first-order valence-electron chi connectivity index (χ1n) is 3.73. The molecule has 0 aromatic rings. The molecule has 0 rings (SSSR count).